The smallest absolute Gasteiger partial charge is 0.409 e. The molecule has 1 aromatic rings. The summed E-state index contributed by atoms with van der Waals surface area (Å²) in [4.78, 5) is 11.6. The van der Waals surface area contributed by atoms with Crippen molar-refractivity contribution in [1.29, 1.82) is 0 Å². The molecule has 0 aliphatic rings. The number of carbonyl (C=O) groups excluding carboxylic acids is 1. The molecular formula is C15H23NO4. The average molecular weight is 281 g/mol. The highest BCUT2D eigenvalue weighted by Gasteiger charge is 2.17. The van der Waals surface area contributed by atoms with Crippen LogP contribution < -0.4 is 5.32 Å². The zero-order valence-electron chi connectivity index (χ0n) is 12.5. The van der Waals surface area contributed by atoms with Crippen molar-refractivity contribution in [3.63, 3.8) is 0 Å². The van der Waals surface area contributed by atoms with Crippen molar-refractivity contribution in [1.82, 2.24) is 5.32 Å². The minimum absolute atomic E-state index is 0.225. The topological polar surface area (TPSA) is 56.8 Å². The fourth-order valence-corrected chi connectivity index (χ4v) is 1.39. The van der Waals surface area contributed by atoms with Gasteiger partial charge < -0.3 is 14.2 Å². The van der Waals surface area contributed by atoms with E-state index in [0.717, 1.165) is 5.56 Å². The molecule has 0 bridgehead atoms. The first-order chi connectivity index (χ1) is 9.40. The van der Waals surface area contributed by atoms with E-state index in [-0.39, 0.29) is 18.8 Å². The summed E-state index contributed by atoms with van der Waals surface area (Å²) in [7, 11) is 1.51. The van der Waals surface area contributed by atoms with Gasteiger partial charge in [0.1, 0.15) is 6.61 Å². The molecule has 0 aliphatic heterocycles. The molecule has 0 radical (unpaired) electrons. The predicted molar refractivity (Wildman–Crippen MR) is 76.3 cm³/mol. The van der Waals surface area contributed by atoms with Crippen LogP contribution >= 0.6 is 0 Å². The Balaban J connectivity index is 2.32. The Kier molecular flexibility index (Phi) is 6.48. The number of alkyl carbamates (subject to hydrolysis) is 1. The number of rotatable bonds is 6. The molecule has 0 aliphatic carbocycles. The van der Waals surface area contributed by atoms with Gasteiger partial charge in [0, 0.05) is 7.11 Å². The van der Waals surface area contributed by atoms with Gasteiger partial charge in [-0.1, -0.05) is 30.3 Å². The Bertz CT molecular complexity index is 400. The lowest BCUT2D eigenvalue weighted by Gasteiger charge is -2.24. The summed E-state index contributed by atoms with van der Waals surface area (Å²) in [5.41, 5.74) is 0.648. The fraction of sp³-hybridized carbons (Fsp3) is 0.533. The highest BCUT2D eigenvalue weighted by molar-refractivity contribution is 5.67. The minimum Gasteiger partial charge on any atom is -0.445 e. The van der Waals surface area contributed by atoms with Crippen LogP contribution in [-0.2, 0) is 20.8 Å². The Morgan fingerprint density at radius 1 is 1.25 bits per heavy atom. The highest BCUT2D eigenvalue weighted by atomic mass is 16.6. The maximum absolute atomic E-state index is 11.6. The van der Waals surface area contributed by atoms with Gasteiger partial charge in [0.15, 0.2) is 6.23 Å². The van der Waals surface area contributed by atoms with Crippen LogP contribution in [0.5, 0.6) is 0 Å². The van der Waals surface area contributed by atoms with Crippen LogP contribution in [0.1, 0.15) is 26.3 Å². The number of amides is 1. The van der Waals surface area contributed by atoms with E-state index in [2.05, 4.69) is 5.32 Å². The predicted octanol–water partition coefficient (Wildman–Crippen LogP) is 2.70. The molecule has 0 saturated heterocycles. The molecule has 5 heteroatoms. The third-order valence-electron chi connectivity index (χ3n) is 2.44. The van der Waals surface area contributed by atoms with Crippen molar-refractivity contribution in [2.45, 2.75) is 39.2 Å². The molecule has 0 spiro atoms. The molecule has 1 rings (SSSR count). The van der Waals surface area contributed by atoms with E-state index in [1.54, 1.807) is 0 Å². The van der Waals surface area contributed by atoms with Crippen molar-refractivity contribution >= 4 is 6.09 Å². The molecule has 20 heavy (non-hydrogen) atoms. The quantitative estimate of drug-likeness (QED) is 0.815. The number of ether oxygens (including phenoxy) is 3. The third kappa shape index (κ3) is 7.11. The van der Waals surface area contributed by atoms with Crippen molar-refractivity contribution in [2.24, 2.45) is 0 Å². The molecular weight excluding hydrogens is 258 g/mol. The van der Waals surface area contributed by atoms with Crippen LogP contribution in [0.4, 0.5) is 4.79 Å². The minimum atomic E-state index is -0.530. The van der Waals surface area contributed by atoms with Crippen LogP contribution in [0.3, 0.4) is 0 Å². The van der Waals surface area contributed by atoms with Crippen LogP contribution in [0.15, 0.2) is 30.3 Å². The van der Waals surface area contributed by atoms with Gasteiger partial charge in [0.2, 0.25) is 0 Å². The molecule has 112 valence electrons. The lowest BCUT2D eigenvalue weighted by molar-refractivity contribution is -0.0696. The zero-order valence-corrected chi connectivity index (χ0v) is 12.5. The van der Waals surface area contributed by atoms with Crippen LogP contribution in [0.2, 0.25) is 0 Å². The van der Waals surface area contributed by atoms with Gasteiger partial charge in [-0.15, -0.1) is 0 Å². The maximum Gasteiger partial charge on any atom is 0.409 e. The van der Waals surface area contributed by atoms with E-state index in [9.17, 15) is 4.79 Å². The van der Waals surface area contributed by atoms with Crippen LogP contribution in [0.25, 0.3) is 0 Å². The normalized spacial score (nSPS) is 12.8. The fourth-order valence-electron chi connectivity index (χ4n) is 1.39. The molecule has 1 atom stereocenters. The largest absolute Gasteiger partial charge is 0.445 e. The Hall–Kier alpha value is -1.59. The number of benzene rings is 1. The van der Waals surface area contributed by atoms with E-state index in [1.807, 2.05) is 51.1 Å². The van der Waals surface area contributed by atoms with E-state index in [4.69, 9.17) is 14.2 Å². The summed E-state index contributed by atoms with van der Waals surface area (Å²) >= 11 is 0. The Labute approximate surface area is 120 Å². The van der Waals surface area contributed by atoms with Gasteiger partial charge in [-0.2, -0.15) is 0 Å². The number of hydrogen-bond acceptors (Lipinski definition) is 4. The molecule has 0 heterocycles. The number of hydrogen-bond donors (Lipinski definition) is 1. The van der Waals surface area contributed by atoms with Crippen molar-refractivity contribution in [3.8, 4) is 0 Å². The van der Waals surface area contributed by atoms with E-state index in [1.165, 1.54) is 7.11 Å². The van der Waals surface area contributed by atoms with E-state index in [0.29, 0.717) is 0 Å². The van der Waals surface area contributed by atoms with E-state index >= 15 is 0 Å². The molecule has 1 amide bonds. The van der Waals surface area contributed by atoms with Crippen LogP contribution in [-0.4, -0.2) is 31.6 Å². The number of methoxy groups -OCH3 is 1. The second-order valence-corrected chi connectivity index (χ2v) is 5.35. The van der Waals surface area contributed by atoms with Gasteiger partial charge in [0.05, 0.1) is 12.2 Å². The summed E-state index contributed by atoms with van der Waals surface area (Å²) in [5, 5.41) is 2.60. The number of nitrogens with one attached hydrogen (secondary N) is 1. The van der Waals surface area contributed by atoms with Gasteiger partial charge in [-0.3, -0.25) is 5.32 Å². The third-order valence-corrected chi connectivity index (χ3v) is 2.44. The molecule has 5 nitrogen and oxygen atoms in total. The Morgan fingerprint density at radius 2 is 1.90 bits per heavy atom. The monoisotopic (exact) mass is 281 g/mol. The SMILES string of the molecule is COC(COC(C)(C)C)NC(=O)OCc1ccccc1. The number of carbonyl (C=O) groups is 1. The van der Waals surface area contributed by atoms with Gasteiger partial charge in [-0.05, 0) is 26.3 Å². The molecule has 0 fully saturated rings. The molecule has 1 aromatic carbocycles. The van der Waals surface area contributed by atoms with E-state index < -0.39 is 12.3 Å². The van der Waals surface area contributed by atoms with Crippen LogP contribution in [0, 0.1) is 0 Å². The summed E-state index contributed by atoms with van der Waals surface area (Å²) in [6.07, 6.45) is -1.06. The van der Waals surface area contributed by atoms with Crippen molar-refractivity contribution < 1.29 is 19.0 Å². The average Bonchev–Trinajstić information content (AvgIpc) is 2.41. The summed E-state index contributed by atoms with van der Waals surface area (Å²) in [5.74, 6) is 0. The summed E-state index contributed by atoms with van der Waals surface area (Å²) < 4.78 is 15.8. The standard InChI is InChI=1S/C15H23NO4/c1-15(2,3)20-11-13(18-4)16-14(17)19-10-12-8-6-5-7-9-12/h5-9,13H,10-11H2,1-4H3,(H,16,17). The Morgan fingerprint density at radius 3 is 2.45 bits per heavy atom. The van der Waals surface area contributed by atoms with Gasteiger partial charge >= 0.3 is 6.09 Å². The molecule has 1 N–H and O–H groups in total. The highest BCUT2D eigenvalue weighted by Crippen LogP contribution is 2.07. The lowest BCUT2D eigenvalue weighted by atomic mass is 10.2. The van der Waals surface area contributed by atoms with Crippen molar-refractivity contribution in [3.05, 3.63) is 35.9 Å². The first-order valence-electron chi connectivity index (χ1n) is 6.54. The molecule has 0 saturated carbocycles. The second-order valence-electron chi connectivity index (χ2n) is 5.35. The first-order valence-corrected chi connectivity index (χ1v) is 6.54. The van der Waals surface area contributed by atoms with Gasteiger partial charge in [-0.25, -0.2) is 4.79 Å². The van der Waals surface area contributed by atoms with Gasteiger partial charge in [0.25, 0.3) is 0 Å². The first kappa shape index (κ1) is 16.5. The summed E-state index contributed by atoms with van der Waals surface area (Å²) in [6.45, 7) is 6.30. The molecule has 0 aromatic heterocycles. The zero-order chi connectivity index (χ0) is 15.0. The van der Waals surface area contributed by atoms with Crippen molar-refractivity contribution in [2.75, 3.05) is 13.7 Å². The molecule has 1 unspecified atom stereocenters. The summed E-state index contributed by atoms with van der Waals surface area (Å²) in [6, 6.07) is 9.49. The second kappa shape index (κ2) is 7.87. The maximum atomic E-state index is 11.6. The lowest BCUT2D eigenvalue weighted by Crippen LogP contribution is -2.41.